The fourth-order valence-electron chi connectivity index (χ4n) is 0. The zero-order valence-corrected chi connectivity index (χ0v) is 5.59. The van der Waals surface area contributed by atoms with Crippen LogP contribution < -0.4 is 0 Å². The Balaban J connectivity index is -0.00000000167. The molecule has 0 spiro atoms. The number of rotatable bonds is 0. The van der Waals surface area contributed by atoms with Crippen LogP contribution in [-0.4, -0.2) is 18.9 Å². The molecular formula is HCoLiNiOP. The van der Waals surface area contributed by atoms with Crippen LogP contribution >= 0.6 is 9.12 Å². The molecule has 0 N–H and O–H groups in total. The van der Waals surface area contributed by atoms with Crippen molar-refractivity contribution in [2.24, 2.45) is 0 Å². The minimum Gasteiger partial charge on any atom is -0.279 e. The minimum absolute atomic E-state index is 0. The van der Waals surface area contributed by atoms with Crippen molar-refractivity contribution in [3.8, 4) is 0 Å². The predicted octanol–water partition coefficient (Wildman–Crippen LogP) is 0.0889. The van der Waals surface area contributed by atoms with Crippen LogP contribution in [-0.2, 0) is 37.8 Å². The fourth-order valence-corrected chi connectivity index (χ4v) is 0. The van der Waals surface area contributed by atoms with E-state index >= 15 is 0 Å². The van der Waals surface area contributed by atoms with E-state index in [-0.39, 0.29) is 52.1 Å². The summed E-state index contributed by atoms with van der Waals surface area (Å²) in [5.41, 5.74) is 0. The first-order valence-electron chi connectivity index (χ1n) is 0.204. The first-order valence-corrected chi connectivity index (χ1v) is 0.612. The standard InChI is InChI=1S/Co.Li.Ni.HOP/c;;;1-2/h;;;2H. The minimum atomic E-state index is 0. The van der Waals surface area contributed by atoms with Gasteiger partial charge >= 0.3 is 0 Å². The van der Waals surface area contributed by atoms with E-state index in [0.717, 1.165) is 0 Å². The Hall–Kier alpha value is 1.70. The Morgan fingerprint density at radius 2 is 1.20 bits per heavy atom. The monoisotopic (exact) mass is 172 g/mol. The van der Waals surface area contributed by atoms with E-state index in [4.69, 9.17) is 4.57 Å². The van der Waals surface area contributed by atoms with Gasteiger partial charge in [-0.1, -0.05) is 0 Å². The Labute approximate surface area is 65.6 Å². The van der Waals surface area contributed by atoms with E-state index in [2.05, 4.69) is 0 Å². The zero-order valence-electron chi connectivity index (χ0n) is 2.56. The molecule has 0 saturated heterocycles. The number of hydrogen-bond donors (Lipinski definition) is 0. The van der Waals surface area contributed by atoms with E-state index < -0.39 is 0 Å². The summed E-state index contributed by atoms with van der Waals surface area (Å²) in [6.07, 6.45) is 0. The van der Waals surface area contributed by atoms with Crippen molar-refractivity contribution >= 4 is 28.0 Å². The second kappa shape index (κ2) is 43.6. The topological polar surface area (TPSA) is 17.1 Å². The van der Waals surface area contributed by atoms with Crippen LogP contribution in [0.2, 0.25) is 0 Å². The Kier molecular flexibility index (Phi) is 261. The van der Waals surface area contributed by atoms with Crippen molar-refractivity contribution in [3.05, 3.63) is 0 Å². The van der Waals surface area contributed by atoms with Crippen molar-refractivity contribution in [1.29, 1.82) is 0 Å². The van der Waals surface area contributed by atoms with Crippen molar-refractivity contribution in [1.82, 2.24) is 0 Å². The molecule has 0 aromatic carbocycles. The SMILES string of the molecule is O=P.[Co].[Li].[Ni]. The Bertz CT molecular complexity index is 11.6. The average molecular weight is 173 g/mol. The van der Waals surface area contributed by atoms with Gasteiger partial charge in [0.2, 0.25) is 0 Å². The third kappa shape index (κ3) is 27.0. The average Bonchev–Trinajstić information content (AvgIpc) is 1.00. The van der Waals surface area contributed by atoms with Crippen LogP contribution in [0.1, 0.15) is 0 Å². The third-order valence-electron chi connectivity index (χ3n) is 0. The summed E-state index contributed by atoms with van der Waals surface area (Å²) >= 11 is 0. The molecule has 0 amide bonds. The van der Waals surface area contributed by atoms with E-state index in [1.165, 1.54) is 0 Å². The van der Waals surface area contributed by atoms with Crippen LogP contribution in [0.3, 0.4) is 0 Å². The molecule has 0 heterocycles. The van der Waals surface area contributed by atoms with E-state index in [0.29, 0.717) is 0 Å². The molecule has 0 fully saturated rings. The maximum atomic E-state index is 8.06. The molecule has 0 rings (SSSR count). The maximum Gasteiger partial charge on any atom is 0.138 e. The molecule has 1 nitrogen and oxygen atoms in total. The molecule has 32 valence electrons. The molecule has 0 aliphatic heterocycles. The molecule has 0 aromatic rings. The molecule has 0 aliphatic carbocycles. The maximum absolute atomic E-state index is 8.06. The van der Waals surface area contributed by atoms with Crippen LogP contribution in [0.15, 0.2) is 0 Å². The second-order valence-corrected chi connectivity index (χ2v) is 0. The van der Waals surface area contributed by atoms with Crippen molar-refractivity contribution in [2.45, 2.75) is 0 Å². The van der Waals surface area contributed by atoms with Gasteiger partial charge < -0.3 is 0 Å². The van der Waals surface area contributed by atoms with Crippen LogP contribution in [0.5, 0.6) is 0 Å². The molecular weight excluding hydrogens is 172 g/mol. The molecule has 0 aromatic heterocycles. The summed E-state index contributed by atoms with van der Waals surface area (Å²) in [6, 6.07) is 0. The van der Waals surface area contributed by atoms with Gasteiger partial charge in [-0.3, -0.25) is 4.57 Å². The first-order chi connectivity index (χ1) is 1.00. The van der Waals surface area contributed by atoms with Gasteiger partial charge in [-0.2, -0.15) is 0 Å². The third-order valence-corrected chi connectivity index (χ3v) is 0. The summed E-state index contributed by atoms with van der Waals surface area (Å²) in [4.78, 5) is 0. The van der Waals surface area contributed by atoms with E-state index in [1.807, 2.05) is 0 Å². The van der Waals surface area contributed by atoms with Crippen molar-refractivity contribution in [2.75, 3.05) is 0 Å². The Morgan fingerprint density at radius 1 is 1.20 bits per heavy atom. The summed E-state index contributed by atoms with van der Waals surface area (Å²) in [7, 11) is 1.72. The van der Waals surface area contributed by atoms with Gasteiger partial charge in [-0.25, -0.2) is 0 Å². The molecule has 0 atom stereocenters. The van der Waals surface area contributed by atoms with Crippen LogP contribution in [0, 0.1) is 0 Å². The van der Waals surface area contributed by atoms with Gasteiger partial charge in [-0.05, 0) is 0 Å². The molecule has 5 heteroatoms. The second-order valence-electron chi connectivity index (χ2n) is 0. The van der Waals surface area contributed by atoms with E-state index in [1.54, 1.807) is 9.12 Å². The largest absolute Gasteiger partial charge is 0.279 e. The smallest absolute Gasteiger partial charge is 0.138 e. The molecule has 0 saturated carbocycles. The summed E-state index contributed by atoms with van der Waals surface area (Å²) < 4.78 is 8.06. The summed E-state index contributed by atoms with van der Waals surface area (Å²) in [5.74, 6) is 0. The van der Waals surface area contributed by atoms with Crippen LogP contribution in [0.4, 0.5) is 0 Å². The van der Waals surface area contributed by atoms with Crippen LogP contribution in [0.25, 0.3) is 0 Å². The van der Waals surface area contributed by atoms with Gasteiger partial charge in [0.15, 0.2) is 0 Å². The number of hydrogen-bond acceptors (Lipinski definition) is 1. The summed E-state index contributed by atoms with van der Waals surface area (Å²) in [5, 5.41) is 0. The van der Waals surface area contributed by atoms with Gasteiger partial charge in [-0.15, -0.1) is 0 Å². The molecule has 5 heavy (non-hydrogen) atoms. The Morgan fingerprint density at radius 3 is 1.20 bits per heavy atom. The van der Waals surface area contributed by atoms with Gasteiger partial charge in [0, 0.05) is 52.1 Å². The molecule has 0 bridgehead atoms. The first kappa shape index (κ1) is 29.9. The van der Waals surface area contributed by atoms with Gasteiger partial charge in [0.05, 0.1) is 0 Å². The van der Waals surface area contributed by atoms with E-state index in [9.17, 15) is 0 Å². The summed E-state index contributed by atoms with van der Waals surface area (Å²) in [6.45, 7) is 0. The predicted molar refractivity (Wildman–Crippen MR) is 14.8 cm³/mol. The molecule has 0 aliphatic rings. The zero-order chi connectivity index (χ0) is 2.00. The fraction of sp³-hybridized carbons (Fsp3) is 0. The quantitative estimate of drug-likeness (QED) is 0.374. The molecule has 0 unspecified atom stereocenters. The van der Waals surface area contributed by atoms with Gasteiger partial charge in [0.1, 0.15) is 9.12 Å². The van der Waals surface area contributed by atoms with Crippen molar-refractivity contribution in [3.63, 3.8) is 0 Å². The molecule has 2 radical (unpaired) electrons. The van der Waals surface area contributed by atoms with Gasteiger partial charge in [0.25, 0.3) is 0 Å². The normalized spacial score (nSPS) is 0.800. The van der Waals surface area contributed by atoms with Crippen molar-refractivity contribution < 1.29 is 37.8 Å².